The lowest BCUT2D eigenvalue weighted by atomic mass is 9.92. The first-order valence-corrected chi connectivity index (χ1v) is 9.80. The molecular formula is C19H23NO4S. The largest absolute Gasteiger partial charge is 0.495 e. The van der Waals surface area contributed by atoms with Gasteiger partial charge in [-0.25, -0.2) is 8.42 Å². The molecule has 0 bridgehead atoms. The number of fused-ring (bicyclic) bond motifs is 1. The first-order valence-electron chi connectivity index (χ1n) is 8.32. The summed E-state index contributed by atoms with van der Waals surface area (Å²) in [6.07, 6.45) is 4.07. The van der Waals surface area contributed by atoms with Gasteiger partial charge in [0.1, 0.15) is 16.4 Å². The molecule has 1 aliphatic carbocycles. The number of anilines is 1. The molecule has 6 heteroatoms. The van der Waals surface area contributed by atoms with E-state index in [4.69, 9.17) is 9.47 Å². The third kappa shape index (κ3) is 3.58. The van der Waals surface area contributed by atoms with Gasteiger partial charge in [0.15, 0.2) is 0 Å². The highest BCUT2D eigenvalue weighted by Gasteiger charge is 2.24. The molecule has 0 spiro atoms. The molecule has 1 aliphatic rings. The smallest absolute Gasteiger partial charge is 0.265 e. The van der Waals surface area contributed by atoms with Crippen molar-refractivity contribution in [2.45, 2.75) is 37.5 Å². The fourth-order valence-corrected chi connectivity index (χ4v) is 4.47. The van der Waals surface area contributed by atoms with Crippen LogP contribution in [0.15, 0.2) is 35.2 Å². The second kappa shape index (κ2) is 6.96. The van der Waals surface area contributed by atoms with Gasteiger partial charge in [-0.15, -0.1) is 0 Å². The van der Waals surface area contributed by atoms with Gasteiger partial charge < -0.3 is 9.47 Å². The Morgan fingerprint density at radius 1 is 0.920 bits per heavy atom. The van der Waals surface area contributed by atoms with E-state index >= 15 is 0 Å². The van der Waals surface area contributed by atoms with Gasteiger partial charge in [-0.1, -0.05) is 6.07 Å². The number of benzene rings is 2. The van der Waals surface area contributed by atoms with E-state index in [2.05, 4.69) is 4.72 Å². The summed E-state index contributed by atoms with van der Waals surface area (Å²) >= 11 is 0. The summed E-state index contributed by atoms with van der Waals surface area (Å²) < 4.78 is 39.3. The second-order valence-corrected chi connectivity index (χ2v) is 7.94. The van der Waals surface area contributed by atoms with Crippen molar-refractivity contribution < 1.29 is 17.9 Å². The number of nitrogens with one attached hydrogen (secondary N) is 1. The molecule has 134 valence electrons. The van der Waals surface area contributed by atoms with E-state index in [1.54, 1.807) is 18.2 Å². The average molecular weight is 361 g/mol. The molecule has 0 amide bonds. The maximum Gasteiger partial charge on any atom is 0.265 e. The standard InChI is InChI=1S/C19H23NO4S/c1-13-8-9-17(23-2)16(10-13)20-25(21,22)19-12-15-7-5-4-6-14(15)11-18(19)24-3/h8-12,20H,4-7H2,1-3H3. The minimum atomic E-state index is -3.79. The van der Waals surface area contributed by atoms with Crippen molar-refractivity contribution in [1.29, 1.82) is 0 Å². The van der Waals surface area contributed by atoms with Crippen LogP contribution in [0, 0.1) is 6.92 Å². The molecule has 0 fully saturated rings. The fourth-order valence-electron chi connectivity index (χ4n) is 3.21. The minimum Gasteiger partial charge on any atom is -0.495 e. The minimum absolute atomic E-state index is 0.166. The Kier molecular flexibility index (Phi) is 4.90. The Morgan fingerprint density at radius 3 is 2.20 bits per heavy atom. The van der Waals surface area contributed by atoms with Gasteiger partial charge in [0.05, 0.1) is 19.9 Å². The van der Waals surface area contributed by atoms with E-state index in [0.717, 1.165) is 36.8 Å². The maximum absolute atomic E-state index is 13.0. The van der Waals surface area contributed by atoms with Gasteiger partial charge in [-0.05, 0) is 73.6 Å². The van der Waals surface area contributed by atoms with E-state index in [-0.39, 0.29) is 4.90 Å². The number of methoxy groups -OCH3 is 2. The summed E-state index contributed by atoms with van der Waals surface area (Å²) in [7, 11) is -0.781. The summed E-state index contributed by atoms with van der Waals surface area (Å²) in [4.78, 5) is 0.166. The molecule has 2 aromatic rings. The summed E-state index contributed by atoms with van der Waals surface area (Å²) in [6, 6.07) is 8.98. The van der Waals surface area contributed by atoms with Crippen LogP contribution in [0.3, 0.4) is 0 Å². The topological polar surface area (TPSA) is 64.6 Å². The van der Waals surface area contributed by atoms with Crippen molar-refractivity contribution in [2.75, 3.05) is 18.9 Å². The van der Waals surface area contributed by atoms with E-state index in [1.807, 2.05) is 19.1 Å². The highest BCUT2D eigenvalue weighted by atomic mass is 32.2. The second-order valence-electron chi connectivity index (χ2n) is 6.29. The van der Waals surface area contributed by atoms with Crippen LogP contribution in [0.4, 0.5) is 5.69 Å². The first-order chi connectivity index (χ1) is 11.9. The lowest BCUT2D eigenvalue weighted by Crippen LogP contribution is -2.16. The maximum atomic E-state index is 13.0. The molecule has 0 aliphatic heterocycles. The molecule has 0 unspecified atom stereocenters. The van der Waals surface area contributed by atoms with Crippen molar-refractivity contribution in [3.05, 3.63) is 47.0 Å². The highest BCUT2D eigenvalue weighted by molar-refractivity contribution is 7.92. The molecule has 0 atom stereocenters. The van der Waals surface area contributed by atoms with Crippen molar-refractivity contribution in [2.24, 2.45) is 0 Å². The summed E-state index contributed by atoms with van der Waals surface area (Å²) in [5.41, 5.74) is 3.62. The zero-order valence-corrected chi connectivity index (χ0v) is 15.6. The molecular weight excluding hydrogens is 338 g/mol. The molecule has 0 saturated carbocycles. The van der Waals surface area contributed by atoms with Crippen molar-refractivity contribution in [3.8, 4) is 11.5 Å². The van der Waals surface area contributed by atoms with Gasteiger partial charge >= 0.3 is 0 Å². The van der Waals surface area contributed by atoms with Crippen LogP contribution >= 0.6 is 0 Å². The zero-order valence-electron chi connectivity index (χ0n) is 14.8. The van der Waals surface area contributed by atoms with E-state index < -0.39 is 10.0 Å². The van der Waals surface area contributed by atoms with E-state index in [1.165, 1.54) is 19.8 Å². The van der Waals surface area contributed by atoms with Crippen LogP contribution in [-0.4, -0.2) is 22.6 Å². The van der Waals surface area contributed by atoms with Crippen LogP contribution < -0.4 is 14.2 Å². The van der Waals surface area contributed by atoms with E-state index in [0.29, 0.717) is 17.2 Å². The van der Waals surface area contributed by atoms with Crippen molar-refractivity contribution in [1.82, 2.24) is 0 Å². The Balaban J connectivity index is 2.04. The van der Waals surface area contributed by atoms with Gasteiger partial charge in [-0.2, -0.15) is 0 Å². The zero-order chi connectivity index (χ0) is 18.0. The van der Waals surface area contributed by atoms with Gasteiger partial charge in [-0.3, -0.25) is 4.72 Å². The molecule has 0 radical (unpaired) electrons. The predicted molar refractivity (Wildman–Crippen MR) is 98.2 cm³/mol. The molecule has 0 heterocycles. The number of hydrogen-bond acceptors (Lipinski definition) is 4. The quantitative estimate of drug-likeness (QED) is 0.882. The number of rotatable bonds is 5. The van der Waals surface area contributed by atoms with Crippen LogP contribution in [0.5, 0.6) is 11.5 Å². The monoisotopic (exact) mass is 361 g/mol. The Hall–Kier alpha value is -2.21. The number of sulfonamides is 1. The summed E-state index contributed by atoms with van der Waals surface area (Å²) in [5.74, 6) is 0.853. The van der Waals surface area contributed by atoms with Crippen molar-refractivity contribution >= 4 is 15.7 Å². The molecule has 0 saturated heterocycles. The molecule has 3 rings (SSSR count). The lowest BCUT2D eigenvalue weighted by molar-refractivity contribution is 0.401. The fraction of sp³-hybridized carbons (Fsp3) is 0.368. The number of hydrogen-bond donors (Lipinski definition) is 1. The Bertz CT molecular complexity index is 891. The van der Waals surface area contributed by atoms with Crippen LogP contribution in [0.25, 0.3) is 0 Å². The highest BCUT2D eigenvalue weighted by Crippen LogP contribution is 2.34. The Labute approximate surface area is 149 Å². The van der Waals surface area contributed by atoms with Crippen molar-refractivity contribution in [3.63, 3.8) is 0 Å². The number of ether oxygens (including phenoxy) is 2. The number of aryl methyl sites for hydroxylation is 3. The summed E-state index contributed by atoms with van der Waals surface area (Å²) in [6.45, 7) is 1.90. The Morgan fingerprint density at radius 2 is 1.56 bits per heavy atom. The first kappa shape index (κ1) is 17.6. The van der Waals surface area contributed by atoms with Gasteiger partial charge in [0.25, 0.3) is 10.0 Å². The molecule has 25 heavy (non-hydrogen) atoms. The molecule has 1 N–H and O–H groups in total. The normalized spacial score (nSPS) is 13.9. The van der Waals surface area contributed by atoms with Crippen LogP contribution in [0.1, 0.15) is 29.5 Å². The van der Waals surface area contributed by atoms with Crippen LogP contribution in [-0.2, 0) is 22.9 Å². The summed E-state index contributed by atoms with van der Waals surface area (Å²) in [5, 5.41) is 0. The van der Waals surface area contributed by atoms with Gasteiger partial charge in [0, 0.05) is 0 Å². The average Bonchev–Trinajstić information content (AvgIpc) is 2.60. The van der Waals surface area contributed by atoms with Gasteiger partial charge in [0.2, 0.25) is 0 Å². The molecule has 2 aromatic carbocycles. The third-order valence-corrected chi connectivity index (χ3v) is 5.90. The van der Waals surface area contributed by atoms with E-state index in [9.17, 15) is 8.42 Å². The predicted octanol–water partition coefficient (Wildman–Crippen LogP) is 3.69. The third-order valence-electron chi connectivity index (χ3n) is 4.52. The lowest BCUT2D eigenvalue weighted by Gasteiger charge is -2.20. The van der Waals surface area contributed by atoms with Crippen LogP contribution in [0.2, 0.25) is 0 Å². The molecule has 5 nitrogen and oxygen atoms in total. The molecule has 0 aromatic heterocycles. The SMILES string of the molecule is COc1ccc(C)cc1NS(=O)(=O)c1cc2c(cc1OC)CCCC2.